The predicted molar refractivity (Wildman–Crippen MR) is 86.3 cm³/mol. The third-order valence-corrected chi connectivity index (χ3v) is 2.90. The highest BCUT2D eigenvalue weighted by Crippen LogP contribution is 2.19. The van der Waals surface area contributed by atoms with E-state index in [2.05, 4.69) is 55.8 Å². The molecule has 0 saturated heterocycles. The summed E-state index contributed by atoms with van der Waals surface area (Å²) in [4.78, 5) is 4.68. The van der Waals surface area contributed by atoms with Gasteiger partial charge >= 0.3 is 0 Å². The van der Waals surface area contributed by atoms with E-state index in [1.807, 2.05) is 25.1 Å². The molecule has 0 aliphatic carbocycles. The minimum Gasteiger partial charge on any atom is -0.258 e. The molecule has 100 valence electrons. The summed E-state index contributed by atoms with van der Waals surface area (Å²) in [6.07, 6.45) is 10.1. The lowest BCUT2D eigenvalue weighted by Crippen LogP contribution is -1.93. The Morgan fingerprint density at radius 2 is 2.05 bits per heavy atom. The summed E-state index contributed by atoms with van der Waals surface area (Å²) in [5.74, 6) is 0. The molecule has 0 aliphatic rings. The molecular formula is C18H23N. The highest BCUT2D eigenvalue weighted by atomic mass is 14.7. The summed E-state index contributed by atoms with van der Waals surface area (Å²) in [5.41, 5.74) is 4.60. The standard InChI is InChI=1S/C18H23N/c1-5-7-8-12-17(6-2)14-16(4)19-18-13-10-9-11-15(18)3/h5-7,9-13H,2,8,14H2,1,3-4H3/b7-5?,17-12+,19-16?. The summed E-state index contributed by atoms with van der Waals surface area (Å²) in [7, 11) is 0. The first-order chi connectivity index (χ1) is 9.17. The van der Waals surface area contributed by atoms with Crippen molar-refractivity contribution in [1.29, 1.82) is 0 Å². The number of nitrogens with zero attached hydrogens (tertiary/aromatic N) is 1. The van der Waals surface area contributed by atoms with Crippen LogP contribution < -0.4 is 0 Å². The summed E-state index contributed by atoms with van der Waals surface area (Å²) in [6, 6.07) is 8.20. The lowest BCUT2D eigenvalue weighted by atomic mass is 10.1. The Bertz CT molecular complexity index is 504. The highest BCUT2D eigenvalue weighted by Gasteiger charge is 1.98. The van der Waals surface area contributed by atoms with Gasteiger partial charge < -0.3 is 0 Å². The zero-order valence-corrected chi connectivity index (χ0v) is 12.2. The van der Waals surface area contributed by atoms with Gasteiger partial charge in [-0.2, -0.15) is 0 Å². The summed E-state index contributed by atoms with van der Waals surface area (Å²) >= 11 is 0. The third kappa shape index (κ3) is 5.52. The van der Waals surface area contributed by atoms with Gasteiger partial charge in [-0.05, 0) is 44.4 Å². The fourth-order valence-electron chi connectivity index (χ4n) is 1.81. The van der Waals surface area contributed by atoms with E-state index in [0.717, 1.165) is 24.2 Å². The maximum atomic E-state index is 4.68. The average molecular weight is 253 g/mol. The monoisotopic (exact) mass is 253 g/mol. The Labute approximate surface area is 117 Å². The molecule has 0 saturated carbocycles. The SMILES string of the molecule is C=C/C(=C\CC=CC)CC(C)=Nc1ccccc1C. The third-order valence-electron chi connectivity index (χ3n) is 2.90. The fraction of sp³-hybridized carbons (Fsp3) is 0.278. The van der Waals surface area contributed by atoms with Crippen LogP contribution in [0.1, 0.15) is 32.3 Å². The van der Waals surface area contributed by atoms with Crippen molar-refractivity contribution < 1.29 is 0 Å². The molecule has 0 radical (unpaired) electrons. The van der Waals surface area contributed by atoms with Crippen LogP contribution in [0.4, 0.5) is 5.69 Å². The second-order valence-electron chi connectivity index (χ2n) is 4.60. The van der Waals surface area contributed by atoms with E-state index in [-0.39, 0.29) is 0 Å². The number of hydrogen-bond acceptors (Lipinski definition) is 1. The lowest BCUT2D eigenvalue weighted by Gasteiger charge is -2.04. The highest BCUT2D eigenvalue weighted by molar-refractivity contribution is 5.87. The van der Waals surface area contributed by atoms with Gasteiger partial charge in [-0.1, -0.05) is 49.1 Å². The minimum atomic E-state index is 0.857. The maximum Gasteiger partial charge on any atom is 0.0658 e. The van der Waals surface area contributed by atoms with Crippen molar-refractivity contribution in [2.75, 3.05) is 0 Å². The van der Waals surface area contributed by atoms with Crippen molar-refractivity contribution >= 4 is 11.4 Å². The number of para-hydroxylation sites is 1. The van der Waals surface area contributed by atoms with Crippen molar-refractivity contribution in [3.8, 4) is 0 Å². The van der Waals surface area contributed by atoms with Crippen LogP contribution in [0.2, 0.25) is 0 Å². The van der Waals surface area contributed by atoms with Crippen LogP contribution in [0, 0.1) is 6.92 Å². The molecule has 19 heavy (non-hydrogen) atoms. The van der Waals surface area contributed by atoms with Crippen LogP contribution in [0.3, 0.4) is 0 Å². The van der Waals surface area contributed by atoms with E-state index in [1.165, 1.54) is 11.1 Å². The van der Waals surface area contributed by atoms with Crippen molar-refractivity contribution in [3.63, 3.8) is 0 Å². The molecule has 0 amide bonds. The largest absolute Gasteiger partial charge is 0.258 e. The van der Waals surface area contributed by atoms with Crippen LogP contribution in [0.15, 0.2) is 65.7 Å². The molecular weight excluding hydrogens is 230 g/mol. The van der Waals surface area contributed by atoms with Crippen molar-refractivity contribution in [1.82, 2.24) is 0 Å². The molecule has 0 atom stereocenters. The number of aliphatic imine (C=N–C) groups is 1. The molecule has 0 fully saturated rings. The van der Waals surface area contributed by atoms with Crippen LogP contribution in [0.5, 0.6) is 0 Å². The molecule has 0 heterocycles. The van der Waals surface area contributed by atoms with Gasteiger partial charge in [-0.3, -0.25) is 4.99 Å². The Kier molecular flexibility index (Phi) is 6.59. The molecule has 0 aliphatic heterocycles. The average Bonchev–Trinajstić information content (AvgIpc) is 2.40. The summed E-state index contributed by atoms with van der Waals surface area (Å²) in [6.45, 7) is 10.1. The topological polar surface area (TPSA) is 12.4 Å². The Morgan fingerprint density at radius 3 is 2.68 bits per heavy atom. The molecule has 1 aromatic rings. The smallest absolute Gasteiger partial charge is 0.0658 e. The van der Waals surface area contributed by atoms with Crippen LogP contribution in [-0.2, 0) is 0 Å². The van der Waals surface area contributed by atoms with Gasteiger partial charge in [-0.15, -0.1) is 0 Å². The Balaban J connectivity index is 2.77. The fourth-order valence-corrected chi connectivity index (χ4v) is 1.81. The number of allylic oxidation sites excluding steroid dienone is 5. The molecule has 0 aromatic heterocycles. The minimum absolute atomic E-state index is 0.857. The zero-order valence-electron chi connectivity index (χ0n) is 12.2. The number of rotatable bonds is 6. The van der Waals surface area contributed by atoms with Gasteiger partial charge in [0.15, 0.2) is 0 Å². The Hall–Kier alpha value is -1.89. The summed E-state index contributed by atoms with van der Waals surface area (Å²) < 4.78 is 0. The normalized spacial score (nSPS) is 13.0. The zero-order chi connectivity index (χ0) is 14.1. The van der Waals surface area contributed by atoms with E-state index < -0.39 is 0 Å². The van der Waals surface area contributed by atoms with Gasteiger partial charge in [0.1, 0.15) is 0 Å². The van der Waals surface area contributed by atoms with Gasteiger partial charge in [0, 0.05) is 12.1 Å². The quantitative estimate of drug-likeness (QED) is 0.358. The van der Waals surface area contributed by atoms with E-state index in [4.69, 9.17) is 0 Å². The van der Waals surface area contributed by atoms with E-state index in [1.54, 1.807) is 0 Å². The van der Waals surface area contributed by atoms with E-state index >= 15 is 0 Å². The van der Waals surface area contributed by atoms with Crippen LogP contribution >= 0.6 is 0 Å². The first-order valence-corrected chi connectivity index (χ1v) is 6.69. The summed E-state index contributed by atoms with van der Waals surface area (Å²) in [5, 5.41) is 0. The second-order valence-corrected chi connectivity index (χ2v) is 4.60. The number of benzene rings is 1. The predicted octanol–water partition coefficient (Wildman–Crippen LogP) is 5.56. The molecule has 0 unspecified atom stereocenters. The molecule has 0 spiro atoms. The van der Waals surface area contributed by atoms with Crippen LogP contribution in [0.25, 0.3) is 0 Å². The van der Waals surface area contributed by atoms with E-state index in [0.29, 0.717) is 0 Å². The second kappa shape index (κ2) is 8.25. The molecule has 1 nitrogen and oxygen atoms in total. The van der Waals surface area contributed by atoms with E-state index in [9.17, 15) is 0 Å². The van der Waals surface area contributed by atoms with Gasteiger partial charge in [0.05, 0.1) is 5.69 Å². The Morgan fingerprint density at radius 1 is 1.32 bits per heavy atom. The molecule has 0 bridgehead atoms. The van der Waals surface area contributed by atoms with Crippen molar-refractivity contribution in [3.05, 3.63) is 66.3 Å². The van der Waals surface area contributed by atoms with Gasteiger partial charge in [0.2, 0.25) is 0 Å². The molecule has 1 rings (SSSR count). The number of hydrogen-bond donors (Lipinski definition) is 0. The van der Waals surface area contributed by atoms with Crippen molar-refractivity contribution in [2.45, 2.75) is 33.6 Å². The first-order valence-electron chi connectivity index (χ1n) is 6.69. The van der Waals surface area contributed by atoms with Gasteiger partial charge in [0.25, 0.3) is 0 Å². The lowest BCUT2D eigenvalue weighted by molar-refractivity contribution is 1.24. The number of aryl methyl sites for hydroxylation is 1. The van der Waals surface area contributed by atoms with Crippen molar-refractivity contribution in [2.24, 2.45) is 4.99 Å². The first kappa shape index (κ1) is 15.2. The molecule has 1 aromatic carbocycles. The van der Waals surface area contributed by atoms with Gasteiger partial charge in [-0.25, -0.2) is 0 Å². The maximum absolute atomic E-state index is 4.68. The molecule has 0 N–H and O–H groups in total. The van der Waals surface area contributed by atoms with Crippen LogP contribution in [-0.4, -0.2) is 5.71 Å². The molecule has 1 heteroatoms.